The van der Waals surface area contributed by atoms with Crippen LogP contribution in [0, 0.1) is 11.3 Å². The van der Waals surface area contributed by atoms with Gasteiger partial charge in [-0.15, -0.1) is 0 Å². The fraction of sp³-hybridized carbons (Fsp3) is 0.154. The van der Waals surface area contributed by atoms with E-state index < -0.39 is 21.2 Å². The number of fused-ring (bicyclic) bond motifs is 1. The summed E-state index contributed by atoms with van der Waals surface area (Å²) in [6.45, 7) is 0.898. The number of ether oxygens (including phenoxy) is 1. The lowest BCUT2D eigenvalue weighted by Gasteiger charge is -2.25. The Bertz CT molecular complexity index is 1640. The first kappa shape index (κ1) is 24.3. The molecule has 1 unspecified atom stereocenters. The van der Waals surface area contributed by atoms with Crippen molar-refractivity contribution in [1.29, 1.82) is 5.26 Å². The summed E-state index contributed by atoms with van der Waals surface area (Å²) in [5.41, 5.74) is 1.48. The lowest BCUT2D eigenvalue weighted by atomic mass is 10.0. The minimum Gasteiger partial charge on any atom is -0.478 e. The highest BCUT2D eigenvalue weighted by atomic mass is 32.2. The number of benzene rings is 2. The first-order valence-electron chi connectivity index (χ1n) is 11.3. The third-order valence-electron chi connectivity index (χ3n) is 6.01. The summed E-state index contributed by atoms with van der Waals surface area (Å²) in [6.07, 6.45) is 2.83. The van der Waals surface area contributed by atoms with E-state index in [1.54, 1.807) is 48.7 Å². The summed E-state index contributed by atoms with van der Waals surface area (Å²) in [6, 6.07) is 16.9. The van der Waals surface area contributed by atoms with Gasteiger partial charge in [-0.05, 0) is 42.0 Å². The van der Waals surface area contributed by atoms with Crippen LogP contribution in [0.3, 0.4) is 0 Å². The molecule has 3 heterocycles. The highest BCUT2D eigenvalue weighted by Gasteiger charge is 2.33. The highest BCUT2D eigenvalue weighted by molar-refractivity contribution is 7.92. The number of sulfone groups is 1. The Morgan fingerprint density at radius 3 is 2.62 bits per heavy atom. The van der Waals surface area contributed by atoms with E-state index in [0.717, 1.165) is 0 Å². The van der Waals surface area contributed by atoms with Gasteiger partial charge in [0.15, 0.2) is 5.44 Å². The van der Waals surface area contributed by atoms with E-state index in [0.29, 0.717) is 28.6 Å². The van der Waals surface area contributed by atoms with Crippen LogP contribution in [0.2, 0.25) is 0 Å². The molecule has 0 amide bonds. The van der Waals surface area contributed by atoms with Gasteiger partial charge >= 0.3 is 5.97 Å². The molecule has 0 aliphatic carbocycles. The first-order chi connectivity index (χ1) is 17.9. The van der Waals surface area contributed by atoms with Gasteiger partial charge < -0.3 is 20.5 Å². The Kier molecular flexibility index (Phi) is 6.54. The average molecular weight is 516 g/mol. The minimum absolute atomic E-state index is 0.0150. The highest BCUT2D eigenvalue weighted by Crippen LogP contribution is 2.37. The number of nitrogens with zero attached hydrogens (tertiary/aromatic N) is 3. The van der Waals surface area contributed by atoms with Crippen molar-refractivity contribution in [2.45, 2.75) is 10.3 Å². The Morgan fingerprint density at radius 2 is 1.92 bits per heavy atom. The van der Waals surface area contributed by atoms with Crippen molar-refractivity contribution in [2.24, 2.45) is 0 Å². The number of rotatable bonds is 6. The molecular weight excluding hydrogens is 494 g/mol. The van der Waals surface area contributed by atoms with Gasteiger partial charge in [-0.3, -0.25) is 4.98 Å². The molecule has 4 aromatic rings. The molecule has 10 nitrogen and oxygen atoms in total. The number of carbonyl (C=O) groups is 1. The Balaban J connectivity index is 1.72. The van der Waals surface area contributed by atoms with Crippen molar-refractivity contribution in [3.05, 3.63) is 78.2 Å². The van der Waals surface area contributed by atoms with Crippen molar-refractivity contribution >= 4 is 38.1 Å². The smallest absolute Gasteiger partial charge is 0.337 e. The van der Waals surface area contributed by atoms with E-state index in [9.17, 15) is 18.3 Å². The van der Waals surface area contributed by atoms with Gasteiger partial charge in [0.1, 0.15) is 16.7 Å². The summed E-state index contributed by atoms with van der Waals surface area (Å²) in [7, 11) is -4.03. The number of nitriles is 1. The number of nitrogens with one attached hydrogen (secondary N) is 2. The summed E-state index contributed by atoms with van der Waals surface area (Å²) in [4.78, 5) is 20.3. The molecule has 37 heavy (non-hydrogen) atoms. The average Bonchev–Trinajstić information content (AvgIpc) is 2.93. The normalized spacial score (nSPS) is 15.7. The van der Waals surface area contributed by atoms with Crippen LogP contribution in [0.25, 0.3) is 22.0 Å². The number of carboxylic acid groups (broad SMARTS) is 1. The summed E-state index contributed by atoms with van der Waals surface area (Å²) < 4.78 is 32.9. The van der Waals surface area contributed by atoms with E-state index in [1.165, 1.54) is 12.3 Å². The molecule has 0 radical (unpaired) electrons. The van der Waals surface area contributed by atoms with Gasteiger partial charge in [0, 0.05) is 36.4 Å². The van der Waals surface area contributed by atoms with Crippen molar-refractivity contribution in [3.8, 4) is 17.2 Å². The minimum atomic E-state index is -4.03. The van der Waals surface area contributed by atoms with Crippen LogP contribution < -0.4 is 10.6 Å². The zero-order valence-electron chi connectivity index (χ0n) is 19.4. The fourth-order valence-electron chi connectivity index (χ4n) is 4.12. The van der Waals surface area contributed by atoms with Crippen LogP contribution >= 0.6 is 0 Å². The molecule has 0 bridgehead atoms. The molecule has 186 valence electrons. The van der Waals surface area contributed by atoms with E-state index in [4.69, 9.17) is 10.00 Å². The number of aromatic nitrogens is 2. The third kappa shape index (κ3) is 4.73. The zero-order chi connectivity index (χ0) is 26.0. The molecule has 2 aromatic heterocycles. The van der Waals surface area contributed by atoms with Crippen molar-refractivity contribution < 1.29 is 23.1 Å². The fourth-order valence-corrected chi connectivity index (χ4v) is 5.67. The second kappa shape index (κ2) is 9.94. The number of hydrogen-bond donors (Lipinski definition) is 3. The van der Waals surface area contributed by atoms with Crippen LogP contribution in [-0.2, 0) is 14.6 Å². The second-order valence-electron chi connectivity index (χ2n) is 8.30. The number of hydrogen-bond acceptors (Lipinski definition) is 9. The van der Waals surface area contributed by atoms with Gasteiger partial charge in [0.05, 0.1) is 29.1 Å². The van der Waals surface area contributed by atoms with Crippen molar-refractivity contribution in [2.75, 3.05) is 25.0 Å². The molecule has 1 saturated heterocycles. The van der Waals surface area contributed by atoms with Gasteiger partial charge in [0.2, 0.25) is 9.84 Å². The van der Waals surface area contributed by atoms with E-state index in [2.05, 4.69) is 20.6 Å². The largest absolute Gasteiger partial charge is 0.478 e. The zero-order valence-corrected chi connectivity index (χ0v) is 20.2. The van der Waals surface area contributed by atoms with E-state index in [1.807, 2.05) is 12.1 Å². The predicted octanol–water partition coefficient (Wildman–Crippen LogP) is 3.33. The predicted molar refractivity (Wildman–Crippen MR) is 136 cm³/mol. The SMILES string of the molecule is N#Cc1ccc(-c2ccc3ncc(S(=O)(=O)C4CNCCO4)c(Nc4ccccc4C(=O)O)c3c2)cn1. The molecule has 1 atom stereocenters. The maximum absolute atomic E-state index is 13.7. The third-order valence-corrected chi connectivity index (χ3v) is 7.93. The molecule has 2 aromatic carbocycles. The second-order valence-corrected chi connectivity index (χ2v) is 10.4. The van der Waals surface area contributed by atoms with Gasteiger partial charge in [-0.1, -0.05) is 18.2 Å². The topological polar surface area (TPSA) is 154 Å². The molecule has 5 rings (SSSR count). The molecule has 3 N–H and O–H groups in total. The number of aromatic carboxylic acids is 1. The van der Waals surface area contributed by atoms with Crippen LogP contribution in [0.1, 0.15) is 16.1 Å². The van der Waals surface area contributed by atoms with Crippen LogP contribution in [0.5, 0.6) is 0 Å². The van der Waals surface area contributed by atoms with Crippen molar-refractivity contribution in [1.82, 2.24) is 15.3 Å². The Morgan fingerprint density at radius 1 is 1.11 bits per heavy atom. The maximum atomic E-state index is 13.7. The summed E-state index contributed by atoms with van der Waals surface area (Å²) in [5, 5.41) is 25.3. The number of carboxylic acids is 1. The number of pyridine rings is 2. The van der Waals surface area contributed by atoms with Crippen LogP contribution in [0.4, 0.5) is 11.4 Å². The monoisotopic (exact) mass is 515 g/mol. The standard InChI is InChI=1S/C26H21N5O5S/c27-12-18-7-5-17(13-29-18)16-6-8-21-20(11-16)25(31-22-4-2-1-3-19(22)26(32)33)23(14-30-21)37(34,35)24-15-28-9-10-36-24/h1-8,11,13-14,24,28H,9-10,15H2,(H,30,31)(H,32,33). The lowest BCUT2D eigenvalue weighted by Crippen LogP contribution is -2.43. The van der Waals surface area contributed by atoms with Gasteiger partial charge in [-0.2, -0.15) is 5.26 Å². The number of para-hydroxylation sites is 1. The molecular formula is C26H21N5O5S. The molecule has 1 aliphatic rings. The molecule has 11 heteroatoms. The van der Waals surface area contributed by atoms with Crippen LogP contribution in [0.15, 0.2) is 71.9 Å². The summed E-state index contributed by atoms with van der Waals surface area (Å²) in [5.74, 6) is -1.16. The Hall–Kier alpha value is -4.37. The van der Waals surface area contributed by atoms with E-state index in [-0.39, 0.29) is 40.7 Å². The van der Waals surface area contributed by atoms with Gasteiger partial charge in [0.25, 0.3) is 0 Å². The van der Waals surface area contributed by atoms with Gasteiger partial charge in [-0.25, -0.2) is 18.2 Å². The molecule has 0 saturated carbocycles. The van der Waals surface area contributed by atoms with Crippen molar-refractivity contribution in [3.63, 3.8) is 0 Å². The molecule has 1 aliphatic heterocycles. The first-order valence-corrected chi connectivity index (χ1v) is 12.9. The Labute approximate surface area is 212 Å². The van der Waals surface area contributed by atoms with E-state index >= 15 is 0 Å². The maximum Gasteiger partial charge on any atom is 0.337 e. The van der Waals surface area contributed by atoms with Crippen LogP contribution in [-0.4, -0.2) is 54.6 Å². The quantitative estimate of drug-likeness (QED) is 0.348. The lowest BCUT2D eigenvalue weighted by molar-refractivity contribution is 0.0698. The molecule has 0 spiro atoms. The molecule has 1 fully saturated rings. The summed E-state index contributed by atoms with van der Waals surface area (Å²) >= 11 is 0. The number of morpholine rings is 1. The number of anilines is 2.